The van der Waals surface area contributed by atoms with Gasteiger partial charge in [-0.05, 0) is 32.1 Å². The molecule has 14 nitrogen and oxygen atoms in total. The minimum Gasteiger partial charge on any atom is -0.481 e. The lowest BCUT2D eigenvalue weighted by Gasteiger charge is -2.29. The first-order valence-electron chi connectivity index (χ1n) is 12.4. The number of hydrogen-bond acceptors (Lipinski definition) is 11. The van der Waals surface area contributed by atoms with Crippen molar-refractivity contribution >= 4 is 17.9 Å². The molecule has 38 heavy (non-hydrogen) atoms. The summed E-state index contributed by atoms with van der Waals surface area (Å²) in [4.78, 5) is 40.6. The van der Waals surface area contributed by atoms with E-state index in [2.05, 4.69) is 9.97 Å². The highest BCUT2D eigenvalue weighted by Crippen LogP contribution is 2.28. The summed E-state index contributed by atoms with van der Waals surface area (Å²) >= 11 is 0. The monoisotopic (exact) mass is 546 g/mol. The molecule has 0 saturated heterocycles. The van der Waals surface area contributed by atoms with Crippen LogP contribution in [0.5, 0.6) is 0 Å². The summed E-state index contributed by atoms with van der Waals surface area (Å²) < 4.78 is 5.35. The summed E-state index contributed by atoms with van der Waals surface area (Å²) in [6, 6.07) is 0. The van der Waals surface area contributed by atoms with E-state index < -0.39 is 61.0 Å². The second-order valence-corrected chi connectivity index (χ2v) is 9.02. The van der Waals surface area contributed by atoms with Crippen molar-refractivity contribution in [2.24, 2.45) is 0 Å². The Labute approximate surface area is 219 Å². The summed E-state index contributed by atoms with van der Waals surface area (Å²) in [5.41, 5.74) is 0.517. The summed E-state index contributed by atoms with van der Waals surface area (Å²) in [6.45, 7) is -0.482. The van der Waals surface area contributed by atoms with Crippen LogP contribution in [0, 0.1) is 0 Å². The lowest BCUT2D eigenvalue weighted by Crippen LogP contribution is -2.41. The van der Waals surface area contributed by atoms with Crippen molar-refractivity contribution in [1.29, 1.82) is 0 Å². The number of ether oxygens (including phenoxy) is 1. The van der Waals surface area contributed by atoms with Gasteiger partial charge in [-0.15, -0.1) is 0 Å². The molecule has 8 N–H and O–H groups in total. The fourth-order valence-corrected chi connectivity index (χ4v) is 3.82. The van der Waals surface area contributed by atoms with Crippen LogP contribution in [0.15, 0.2) is 12.4 Å². The van der Waals surface area contributed by atoms with E-state index in [4.69, 9.17) is 20.1 Å². The molecule has 0 saturated carbocycles. The molecule has 0 amide bonds. The quantitative estimate of drug-likeness (QED) is 0.0888. The molecule has 1 heterocycles. The first-order chi connectivity index (χ1) is 18.0. The molecular formula is C24H38N2O12. The maximum Gasteiger partial charge on any atom is 0.303 e. The summed E-state index contributed by atoms with van der Waals surface area (Å²) in [7, 11) is 0. The Kier molecular flexibility index (Phi) is 15.5. The van der Waals surface area contributed by atoms with E-state index in [1.807, 2.05) is 0 Å². The van der Waals surface area contributed by atoms with Gasteiger partial charge in [0.25, 0.3) is 0 Å². The molecule has 216 valence electrons. The molecule has 1 aromatic rings. The molecule has 0 fully saturated rings. The van der Waals surface area contributed by atoms with Gasteiger partial charge in [0.05, 0.1) is 36.3 Å². The van der Waals surface area contributed by atoms with Gasteiger partial charge in [0.15, 0.2) is 0 Å². The number of aromatic nitrogens is 2. The zero-order chi connectivity index (χ0) is 28.7. The number of nitrogens with zero attached hydrogens (tertiary/aromatic N) is 2. The molecule has 0 aliphatic heterocycles. The Hall–Kier alpha value is -2.75. The third kappa shape index (κ3) is 12.7. The van der Waals surface area contributed by atoms with Gasteiger partial charge in [-0.3, -0.25) is 24.4 Å². The molecule has 6 atom stereocenters. The second-order valence-electron chi connectivity index (χ2n) is 9.02. The van der Waals surface area contributed by atoms with Crippen LogP contribution in [0.2, 0.25) is 0 Å². The average Bonchev–Trinajstić information content (AvgIpc) is 2.85. The van der Waals surface area contributed by atoms with Gasteiger partial charge in [0.1, 0.15) is 12.2 Å². The Balaban J connectivity index is 2.88. The van der Waals surface area contributed by atoms with Gasteiger partial charge in [-0.2, -0.15) is 0 Å². The zero-order valence-corrected chi connectivity index (χ0v) is 21.0. The van der Waals surface area contributed by atoms with E-state index in [9.17, 15) is 39.9 Å². The smallest absolute Gasteiger partial charge is 0.303 e. The Bertz CT molecular complexity index is 853. The molecule has 0 bridgehead atoms. The van der Waals surface area contributed by atoms with Crippen molar-refractivity contribution in [3.63, 3.8) is 0 Å². The molecular weight excluding hydrogens is 508 g/mol. The fraction of sp³-hybridized carbons (Fsp3) is 0.708. The predicted octanol–water partition coefficient (Wildman–Crippen LogP) is -0.702. The molecule has 0 aliphatic rings. The van der Waals surface area contributed by atoms with Crippen molar-refractivity contribution in [3.8, 4) is 0 Å². The van der Waals surface area contributed by atoms with Gasteiger partial charge < -0.3 is 45.6 Å². The average molecular weight is 547 g/mol. The standard InChI is InChI=1S/C24H38N2O12/c27-13-19(38-9-3-8-22(34)35)18(29)10-14-11-26-16(12-25-14)15(4-1-6-20(30)31)23(36)24(37)17(28)5-2-7-21(32)33/h11-12,15,17-19,23-24,27-29,36-37H,1-10,13H2,(H,30,31)(H,32,33)(H,34,35)/t15-,17?,18+,19-,23+,24-/m1/s1. The Morgan fingerprint density at radius 2 is 1.34 bits per heavy atom. The fourth-order valence-electron chi connectivity index (χ4n) is 3.82. The highest BCUT2D eigenvalue weighted by atomic mass is 16.5. The minimum absolute atomic E-state index is 0.0274. The first kappa shape index (κ1) is 33.3. The largest absolute Gasteiger partial charge is 0.481 e. The van der Waals surface area contributed by atoms with Crippen LogP contribution in [0.4, 0.5) is 0 Å². The Morgan fingerprint density at radius 3 is 1.87 bits per heavy atom. The molecule has 1 unspecified atom stereocenters. The first-order valence-corrected chi connectivity index (χ1v) is 12.4. The number of carbonyl (C=O) groups is 3. The molecule has 1 rings (SSSR count). The minimum atomic E-state index is -1.65. The van der Waals surface area contributed by atoms with Gasteiger partial charge in [0, 0.05) is 50.6 Å². The summed E-state index contributed by atoms with van der Waals surface area (Å²) in [6.07, 6.45) is -4.31. The van der Waals surface area contributed by atoms with Crippen LogP contribution in [0.25, 0.3) is 0 Å². The third-order valence-corrected chi connectivity index (χ3v) is 5.95. The van der Waals surface area contributed by atoms with Crippen molar-refractivity contribution in [2.45, 2.75) is 94.2 Å². The van der Waals surface area contributed by atoms with Crippen molar-refractivity contribution in [3.05, 3.63) is 23.8 Å². The van der Waals surface area contributed by atoms with E-state index in [-0.39, 0.29) is 70.1 Å². The van der Waals surface area contributed by atoms with Crippen molar-refractivity contribution in [1.82, 2.24) is 9.97 Å². The topological polar surface area (TPSA) is 248 Å². The second kappa shape index (κ2) is 17.7. The number of aliphatic carboxylic acids is 3. The van der Waals surface area contributed by atoms with Crippen molar-refractivity contribution < 1.29 is 60.0 Å². The van der Waals surface area contributed by atoms with E-state index in [1.165, 1.54) is 12.4 Å². The number of rotatable bonds is 21. The Morgan fingerprint density at radius 1 is 0.763 bits per heavy atom. The summed E-state index contributed by atoms with van der Waals surface area (Å²) in [5.74, 6) is -4.00. The van der Waals surface area contributed by atoms with Crippen LogP contribution in [-0.2, 0) is 25.5 Å². The molecule has 0 aromatic carbocycles. The maximum absolute atomic E-state index is 10.9. The summed E-state index contributed by atoms with van der Waals surface area (Å²) in [5, 5.41) is 77.6. The molecule has 0 aliphatic carbocycles. The molecule has 1 aromatic heterocycles. The lowest BCUT2D eigenvalue weighted by atomic mass is 9.87. The van der Waals surface area contributed by atoms with E-state index in [0.29, 0.717) is 5.69 Å². The van der Waals surface area contributed by atoms with E-state index in [0.717, 1.165) is 0 Å². The van der Waals surface area contributed by atoms with Crippen LogP contribution < -0.4 is 0 Å². The van der Waals surface area contributed by atoms with Gasteiger partial charge in [-0.1, -0.05) is 0 Å². The number of carboxylic acid groups (broad SMARTS) is 3. The molecule has 14 heteroatoms. The predicted molar refractivity (Wildman–Crippen MR) is 129 cm³/mol. The van der Waals surface area contributed by atoms with Gasteiger partial charge in [-0.25, -0.2) is 0 Å². The maximum atomic E-state index is 10.9. The van der Waals surface area contributed by atoms with Crippen LogP contribution in [-0.4, -0.2) is 112 Å². The van der Waals surface area contributed by atoms with E-state index in [1.54, 1.807) is 0 Å². The number of aliphatic hydroxyl groups is 5. The molecule has 0 radical (unpaired) electrons. The number of aliphatic hydroxyl groups excluding tert-OH is 5. The van der Waals surface area contributed by atoms with Crippen molar-refractivity contribution in [2.75, 3.05) is 13.2 Å². The third-order valence-electron chi connectivity index (χ3n) is 5.95. The highest BCUT2D eigenvalue weighted by molar-refractivity contribution is 5.67. The number of carboxylic acids is 3. The SMILES string of the molecule is O=C(O)CCCO[C@H](CO)[C@@H](O)Cc1cnc([C@@H](CCCC(=O)O)[C@H](O)[C@H](O)C(O)CCCC(=O)O)cn1. The van der Waals surface area contributed by atoms with E-state index >= 15 is 0 Å². The lowest BCUT2D eigenvalue weighted by molar-refractivity contribution is -0.138. The molecule has 0 spiro atoms. The van der Waals surface area contributed by atoms with Crippen LogP contribution in [0.3, 0.4) is 0 Å². The number of hydrogen-bond donors (Lipinski definition) is 8. The normalized spacial score (nSPS) is 16.2. The van der Waals surface area contributed by atoms with Crippen LogP contribution in [0.1, 0.15) is 68.7 Å². The highest BCUT2D eigenvalue weighted by Gasteiger charge is 2.33. The van der Waals surface area contributed by atoms with Crippen LogP contribution >= 0.6 is 0 Å². The van der Waals surface area contributed by atoms with Gasteiger partial charge >= 0.3 is 17.9 Å². The zero-order valence-electron chi connectivity index (χ0n) is 21.0. The van der Waals surface area contributed by atoms with Gasteiger partial charge in [0.2, 0.25) is 0 Å².